The third-order valence-electron chi connectivity index (χ3n) is 5.79. The zero-order chi connectivity index (χ0) is 15.5. The van der Waals surface area contributed by atoms with E-state index in [0.717, 1.165) is 18.8 Å². The lowest BCUT2D eigenvalue weighted by atomic mass is 9.77. The van der Waals surface area contributed by atoms with Gasteiger partial charge in [-0.15, -0.1) is 0 Å². The summed E-state index contributed by atoms with van der Waals surface area (Å²) in [5, 5.41) is 3.58. The SMILES string of the molecule is CCC(CC)(C(NC)c1ccc(C2CCC2)cc1)N(C)C. The van der Waals surface area contributed by atoms with Gasteiger partial charge in [0.15, 0.2) is 0 Å². The Labute approximate surface area is 130 Å². The maximum Gasteiger partial charge on any atom is 0.0504 e. The Bertz CT molecular complexity index is 427. The Kier molecular flexibility index (Phi) is 5.45. The van der Waals surface area contributed by atoms with Crippen molar-refractivity contribution in [3.63, 3.8) is 0 Å². The smallest absolute Gasteiger partial charge is 0.0504 e. The molecule has 0 saturated heterocycles. The molecule has 1 aromatic carbocycles. The largest absolute Gasteiger partial charge is 0.311 e. The Morgan fingerprint density at radius 2 is 1.71 bits per heavy atom. The summed E-state index contributed by atoms with van der Waals surface area (Å²) >= 11 is 0. The summed E-state index contributed by atoms with van der Waals surface area (Å²) in [6, 6.07) is 9.78. The Hall–Kier alpha value is -0.860. The van der Waals surface area contributed by atoms with E-state index in [2.05, 4.69) is 69.5 Å². The van der Waals surface area contributed by atoms with Crippen LogP contribution in [0.5, 0.6) is 0 Å². The van der Waals surface area contributed by atoms with E-state index in [4.69, 9.17) is 0 Å². The lowest BCUT2D eigenvalue weighted by Crippen LogP contribution is -2.52. The summed E-state index contributed by atoms with van der Waals surface area (Å²) < 4.78 is 0. The number of nitrogens with one attached hydrogen (secondary N) is 1. The molecule has 0 spiro atoms. The predicted molar refractivity (Wildman–Crippen MR) is 91.8 cm³/mol. The predicted octanol–water partition coefficient (Wildman–Crippen LogP) is 4.34. The van der Waals surface area contributed by atoms with Crippen molar-refractivity contribution in [2.45, 2.75) is 63.5 Å². The molecule has 2 rings (SSSR count). The number of rotatable bonds is 7. The molecule has 1 aliphatic rings. The third-order valence-corrected chi connectivity index (χ3v) is 5.79. The molecular formula is C19H32N2. The Morgan fingerprint density at radius 3 is 2.05 bits per heavy atom. The van der Waals surface area contributed by atoms with Crippen LogP contribution in [0.3, 0.4) is 0 Å². The van der Waals surface area contributed by atoms with Gasteiger partial charge in [-0.1, -0.05) is 44.5 Å². The second kappa shape index (κ2) is 6.93. The van der Waals surface area contributed by atoms with Gasteiger partial charge < -0.3 is 10.2 Å². The van der Waals surface area contributed by atoms with Crippen LogP contribution < -0.4 is 5.32 Å². The quantitative estimate of drug-likeness (QED) is 0.803. The summed E-state index contributed by atoms with van der Waals surface area (Å²) in [6.45, 7) is 4.60. The summed E-state index contributed by atoms with van der Waals surface area (Å²) in [5.74, 6) is 0.822. The van der Waals surface area contributed by atoms with E-state index in [1.807, 2.05) is 0 Å². The summed E-state index contributed by atoms with van der Waals surface area (Å²) in [6.07, 6.45) is 6.44. The third kappa shape index (κ3) is 3.02. The van der Waals surface area contributed by atoms with Gasteiger partial charge in [0, 0.05) is 5.54 Å². The van der Waals surface area contributed by atoms with Crippen molar-refractivity contribution in [3.05, 3.63) is 35.4 Å². The molecule has 1 aliphatic carbocycles. The van der Waals surface area contributed by atoms with Crippen LogP contribution >= 0.6 is 0 Å². The van der Waals surface area contributed by atoms with E-state index in [-0.39, 0.29) is 5.54 Å². The van der Waals surface area contributed by atoms with Crippen LogP contribution in [0.15, 0.2) is 24.3 Å². The van der Waals surface area contributed by atoms with E-state index in [0.29, 0.717) is 6.04 Å². The fourth-order valence-electron chi connectivity index (χ4n) is 4.00. The monoisotopic (exact) mass is 288 g/mol. The van der Waals surface area contributed by atoms with Gasteiger partial charge in [-0.3, -0.25) is 0 Å². The van der Waals surface area contributed by atoms with Crippen molar-refractivity contribution in [1.29, 1.82) is 0 Å². The molecule has 1 atom stereocenters. The summed E-state index contributed by atoms with van der Waals surface area (Å²) in [4.78, 5) is 2.40. The van der Waals surface area contributed by atoms with Crippen LogP contribution in [-0.4, -0.2) is 31.6 Å². The molecule has 2 nitrogen and oxygen atoms in total. The molecule has 1 unspecified atom stereocenters. The number of hydrogen-bond donors (Lipinski definition) is 1. The number of likely N-dealkylation sites (N-methyl/N-ethyl adjacent to an activating group) is 2. The van der Waals surface area contributed by atoms with Gasteiger partial charge in [0.1, 0.15) is 0 Å². The molecule has 118 valence electrons. The van der Waals surface area contributed by atoms with Crippen molar-refractivity contribution in [3.8, 4) is 0 Å². The number of benzene rings is 1. The first-order chi connectivity index (χ1) is 10.1. The molecule has 0 amide bonds. The second-order valence-electron chi connectivity index (χ2n) is 6.72. The Morgan fingerprint density at radius 1 is 1.14 bits per heavy atom. The van der Waals surface area contributed by atoms with Crippen molar-refractivity contribution in [2.24, 2.45) is 0 Å². The lowest BCUT2D eigenvalue weighted by Gasteiger charge is -2.45. The molecule has 1 aromatic rings. The minimum atomic E-state index is 0.173. The fraction of sp³-hybridized carbons (Fsp3) is 0.684. The molecule has 1 N–H and O–H groups in total. The minimum absolute atomic E-state index is 0.173. The van der Waals surface area contributed by atoms with Gasteiger partial charge >= 0.3 is 0 Å². The van der Waals surface area contributed by atoms with E-state index in [1.54, 1.807) is 0 Å². The minimum Gasteiger partial charge on any atom is -0.311 e. The molecule has 0 radical (unpaired) electrons. The van der Waals surface area contributed by atoms with Gasteiger partial charge in [-0.25, -0.2) is 0 Å². The normalized spacial score (nSPS) is 17.8. The van der Waals surface area contributed by atoms with Gasteiger partial charge in [0.2, 0.25) is 0 Å². The average molecular weight is 288 g/mol. The molecular weight excluding hydrogens is 256 g/mol. The first kappa shape index (κ1) is 16.5. The first-order valence-corrected chi connectivity index (χ1v) is 8.53. The van der Waals surface area contributed by atoms with E-state index >= 15 is 0 Å². The van der Waals surface area contributed by atoms with Crippen molar-refractivity contribution >= 4 is 0 Å². The highest BCUT2D eigenvalue weighted by molar-refractivity contribution is 5.30. The Balaban J connectivity index is 2.26. The topological polar surface area (TPSA) is 15.3 Å². The van der Waals surface area contributed by atoms with Crippen molar-refractivity contribution < 1.29 is 0 Å². The van der Waals surface area contributed by atoms with E-state index < -0.39 is 0 Å². The van der Waals surface area contributed by atoms with Gasteiger partial charge in [0.05, 0.1) is 6.04 Å². The van der Waals surface area contributed by atoms with Crippen LogP contribution in [0, 0.1) is 0 Å². The molecule has 0 heterocycles. The average Bonchev–Trinajstić information content (AvgIpc) is 2.44. The molecule has 0 aliphatic heterocycles. The molecule has 0 bridgehead atoms. The molecule has 1 saturated carbocycles. The molecule has 21 heavy (non-hydrogen) atoms. The second-order valence-corrected chi connectivity index (χ2v) is 6.72. The molecule has 2 heteroatoms. The van der Waals surface area contributed by atoms with Gasteiger partial charge in [-0.2, -0.15) is 0 Å². The highest BCUT2D eigenvalue weighted by atomic mass is 15.2. The molecule has 1 fully saturated rings. The van der Waals surface area contributed by atoms with Crippen molar-refractivity contribution in [2.75, 3.05) is 21.1 Å². The zero-order valence-corrected chi connectivity index (χ0v) is 14.4. The maximum absolute atomic E-state index is 3.58. The lowest BCUT2D eigenvalue weighted by molar-refractivity contribution is 0.0918. The van der Waals surface area contributed by atoms with Gasteiger partial charge in [0.25, 0.3) is 0 Å². The maximum atomic E-state index is 3.58. The highest BCUT2D eigenvalue weighted by Crippen LogP contribution is 2.39. The van der Waals surface area contributed by atoms with E-state index in [9.17, 15) is 0 Å². The number of nitrogens with zero attached hydrogens (tertiary/aromatic N) is 1. The molecule has 0 aromatic heterocycles. The van der Waals surface area contributed by atoms with Crippen LogP contribution in [0.4, 0.5) is 0 Å². The number of hydrogen-bond acceptors (Lipinski definition) is 2. The van der Waals surface area contributed by atoms with Gasteiger partial charge in [-0.05, 0) is 63.9 Å². The van der Waals surface area contributed by atoms with Crippen LogP contribution in [0.25, 0.3) is 0 Å². The van der Waals surface area contributed by atoms with Crippen LogP contribution in [0.2, 0.25) is 0 Å². The van der Waals surface area contributed by atoms with E-state index in [1.165, 1.54) is 30.4 Å². The summed E-state index contributed by atoms with van der Waals surface area (Å²) in [5.41, 5.74) is 3.12. The zero-order valence-electron chi connectivity index (χ0n) is 14.4. The van der Waals surface area contributed by atoms with Crippen LogP contribution in [0.1, 0.15) is 69.0 Å². The van der Waals surface area contributed by atoms with Crippen molar-refractivity contribution in [1.82, 2.24) is 10.2 Å². The standard InChI is InChI=1S/C19H32N2/c1-6-19(7-2,21(4)5)18(20-3)17-13-11-16(12-14-17)15-9-8-10-15/h11-15,18,20H,6-10H2,1-5H3. The summed E-state index contributed by atoms with van der Waals surface area (Å²) in [7, 11) is 6.51. The first-order valence-electron chi connectivity index (χ1n) is 8.53. The highest BCUT2D eigenvalue weighted by Gasteiger charge is 2.37. The fourth-order valence-corrected chi connectivity index (χ4v) is 4.00. The van der Waals surface area contributed by atoms with Crippen LogP contribution in [-0.2, 0) is 0 Å².